The average Bonchev–Trinajstić information content (AvgIpc) is 2.95. The van der Waals surface area contributed by atoms with E-state index < -0.39 is 0 Å². The van der Waals surface area contributed by atoms with Crippen LogP contribution in [0.25, 0.3) is 0 Å². The fourth-order valence-corrected chi connectivity index (χ4v) is 2.90. The standard InChI is InChI=1S/C11H16N4O2S2/c1-7-13-14-11(19-7)15-6-8(5-9(15)16)10(17)12-3-4-18-2/h8H,3-6H2,1-2H3,(H,12,17). The zero-order valence-corrected chi connectivity index (χ0v) is 12.5. The van der Waals surface area contributed by atoms with E-state index in [0.717, 1.165) is 10.8 Å². The van der Waals surface area contributed by atoms with Crippen LogP contribution in [-0.2, 0) is 9.59 Å². The van der Waals surface area contributed by atoms with Crippen molar-refractivity contribution in [1.29, 1.82) is 0 Å². The number of aryl methyl sites for hydroxylation is 1. The summed E-state index contributed by atoms with van der Waals surface area (Å²) in [4.78, 5) is 25.4. The minimum Gasteiger partial charge on any atom is -0.355 e. The monoisotopic (exact) mass is 300 g/mol. The van der Waals surface area contributed by atoms with Crippen LogP contribution in [0.3, 0.4) is 0 Å². The molecule has 0 spiro atoms. The van der Waals surface area contributed by atoms with Crippen molar-refractivity contribution in [2.24, 2.45) is 5.92 Å². The van der Waals surface area contributed by atoms with Gasteiger partial charge in [0.15, 0.2) is 0 Å². The van der Waals surface area contributed by atoms with Crippen LogP contribution < -0.4 is 10.2 Å². The number of nitrogens with one attached hydrogen (secondary N) is 1. The Kier molecular flexibility index (Phi) is 4.76. The van der Waals surface area contributed by atoms with Gasteiger partial charge >= 0.3 is 0 Å². The van der Waals surface area contributed by atoms with E-state index in [9.17, 15) is 9.59 Å². The van der Waals surface area contributed by atoms with Crippen molar-refractivity contribution in [2.75, 3.05) is 30.0 Å². The smallest absolute Gasteiger partial charge is 0.229 e. The van der Waals surface area contributed by atoms with Crippen LogP contribution in [0.5, 0.6) is 0 Å². The number of amides is 2. The van der Waals surface area contributed by atoms with Crippen LogP contribution in [0.2, 0.25) is 0 Å². The predicted octanol–water partition coefficient (Wildman–Crippen LogP) is 0.679. The number of rotatable bonds is 5. The van der Waals surface area contributed by atoms with Gasteiger partial charge in [0.25, 0.3) is 0 Å². The zero-order chi connectivity index (χ0) is 13.8. The third-order valence-electron chi connectivity index (χ3n) is 2.85. The average molecular weight is 300 g/mol. The Bertz CT molecular complexity index is 477. The number of anilines is 1. The van der Waals surface area contributed by atoms with Crippen molar-refractivity contribution >= 4 is 40.0 Å². The largest absolute Gasteiger partial charge is 0.355 e. The molecule has 0 aromatic carbocycles. The Morgan fingerprint density at radius 3 is 3.00 bits per heavy atom. The zero-order valence-electron chi connectivity index (χ0n) is 10.9. The van der Waals surface area contributed by atoms with E-state index in [1.165, 1.54) is 11.3 Å². The lowest BCUT2D eigenvalue weighted by Gasteiger charge is -2.12. The molecule has 2 amide bonds. The van der Waals surface area contributed by atoms with Gasteiger partial charge < -0.3 is 5.32 Å². The highest BCUT2D eigenvalue weighted by Gasteiger charge is 2.36. The number of carbonyl (C=O) groups excluding carboxylic acids is 2. The molecule has 1 N–H and O–H groups in total. The number of carbonyl (C=O) groups is 2. The molecule has 1 saturated heterocycles. The molecule has 8 heteroatoms. The molecular weight excluding hydrogens is 284 g/mol. The second-order valence-corrected chi connectivity index (χ2v) is 6.44. The topological polar surface area (TPSA) is 75.2 Å². The maximum atomic E-state index is 11.9. The van der Waals surface area contributed by atoms with Crippen LogP contribution in [0.15, 0.2) is 0 Å². The summed E-state index contributed by atoms with van der Waals surface area (Å²) >= 11 is 3.05. The first kappa shape index (κ1) is 14.3. The normalized spacial score (nSPS) is 18.9. The number of thioether (sulfide) groups is 1. The van der Waals surface area contributed by atoms with Crippen LogP contribution in [0.1, 0.15) is 11.4 Å². The van der Waals surface area contributed by atoms with Gasteiger partial charge in [0.05, 0.1) is 5.92 Å². The van der Waals surface area contributed by atoms with E-state index in [0.29, 0.717) is 18.2 Å². The molecule has 1 aliphatic heterocycles. The molecule has 1 aromatic heterocycles. The third-order valence-corrected chi connectivity index (χ3v) is 4.32. The van der Waals surface area contributed by atoms with Crippen LogP contribution >= 0.6 is 23.1 Å². The summed E-state index contributed by atoms with van der Waals surface area (Å²) in [7, 11) is 0. The Morgan fingerprint density at radius 2 is 2.37 bits per heavy atom. The molecule has 1 atom stereocenters. The van der Waals surface area contributed by atoms with Crippen molar-refractivity contribution < 1.29 is 9.59 Å². The molecule has 19 heavy (non-hydrogen) atoms. The van der Waals surface area contributed by atoms with E-state index in [1.807, 2.05) is 13.2 Å². The molecule has 0 saturated carbocycles. The SMILES string of the molecule is CSCCNC(=O)C1CC(=O)N(c2nnc(C)s2)C1. The molecular formula is C11H16N4O2S2. The van der Waals surface area contributed by atoms with Gasteiger partial charge in [-0.1, -0.05) is 11.3 Å². The van der Waals surface area contributed by atoms with Gasteiger partial charge in [-0.2, -0.15) is 11.8 Å². The Hall–Kier alpha value is -1.15. The lowest BCUT2D eigenvalue weighted by molar-refractivity contribution is -0.126. The molecule has 0 aliphatic carbocycles. The van der Waals surface area contributed by atoms with Gasteiger partial charge in [-0.15, -0.1) is 10.2 Å². The summed E-state index contributed by atoms with van der Waals surface area (Å²) in [6, 6.07) is 0. The first-order valence-electron chi connectivity index (χ1n) is 5.99. The van der Waals surface area contributed by atoms with Gasteiger partial charge in [-0.3, -0.25) is 14.5 Å². The maximum absolute atomic E-state index is 11.9. The predicted molar refractivity (Wildman–Crippen MR) is 76.5 cm³/mol. The Labute approximate surface area is 120 Å². The van der Waals surface area contributed by atoms with Crippen LogP contribution in [0.4, 0.5) is 5.13 Å². The highest BCUT2D eigenvalue weighted by molar-refractivity contribution is 7.98. The summed E-state index contributed by atoms with van der Waals surface area (Å²) in [5, 5.41) is 12.1. The quantitative estimate of drug-likeness (QED) is 0.809. The highest BCUT2D eigenvalue weighted by Crippen LogP contribution is 2.27. The molecule has 1 aliphatic rings. The second kappa shape index (κ2) is 6.33. The molecule has 2 rings (SSSR count). The third kappa shape index (κ3) is 3.44. The van der Waals surface area contributed by atoms with Gasteiger partial charge in [0, 0.05) is 25.3 Å². The molecule has 2 heterocycles. The number of hydrogen-bond donors (Lipinski definition) is 1. The molecule has 104 valence electrons. The van der Waals surface area contributed by atoms with Gasteiger partial charge in [0.1, 0.15) is 5.01 Å². The maximum Gasteiger partial charge on any atom is 0.229 e. The van der Waals surface area contributed by atoms with E-state index >= 15 is 0 Å². The fraction of sp³-hybridized carbons (Fsp3) is 0.636. The molecule has 0 bridgehead atoms. The van der Waals surface area contributed by atoms with Crippen molar-refractivity contribution in [3.8, 4) is 0 Å². The van der Waals surface area contributed by atoms with E-state index in [-0.39, 0.29) is 24.2 Å². The van der Waals surface area contributed by atoms with E-state index in [4.69, 9.17) is 0 Å². The minimum atomic E-state index is -0.279. The number of aromatic nitrogens is 2. The summed E-state index contributed by atoms with van der Waals surface area (Å²) in [6.07, 6.45) is 2.24. The molecule has 0 radical (unpaired) electrons. The summed E-state index contributed by atoms with van der Waals surface area (Å²) in [5.41, 5.74) is 0. The van der Waals surface area contributed by atoms with Crippen molar-refractivity contribution in [3.05, 3.63) is 5.01 Å². The van der Waals surface area contributed by atoms with Crippen molar-refractivity contribution in [2.45, 2.75) is 13.3 Å². The molecule has 1 fully saturated rings. The van der Waals surface area contributed by atoms with Crippen LogP contribution in [-0.4, -0.2) is 47.1 Å². The first-order chi connectivity index (χ1) is 9.11. The van der Waals surface area contributed by atoms with Gasteiger partial charge in [-0.05, 0) is 13.2 Å². The van der Waals surface area contributed by atoms with Crippen molar-refractivity contribution in [3.63, 3.8) is 0 Å². The highest BCUT2D eigenvalue weighted by atomic mass is 32.2. The van der Waals surface area contributed by atoms with E-state index in [2.05, 4.69) is 15.5 Å². The van der Waals surface area contributed by atoms with Gasteiger partial charge in [-0.25, -0.2) is 0 Å². The van der Waals surface area contributed by atoms with Crippen molar-refractivity contribution in [1.82, 2.24) is 15.5 Å². The minimum absolute atomic E-state index is 0.0499. The lowest BCUT2D eigenvalue weighted by atomic mass is 10.1. The number of hydrogen-bond acceptors (Lipinski definition) is 6. The first-order valence-corrected chi connectivity index (χ1v) is 8.20. The van der Waals surface area contributed by atoms with Crippen LogP contribution in [0, 0.1) is 12.8 Å². The molecule has 1 aromatic rings. The summed E-state index contributed by atoms with van der Waals surface area (Å²) in [6.45, 7) is 2.88. The number of nitrogens with zero attached hydrogens (tertiary/aromatic N) is 3. The Balaban J connectivity index is 1.93. The summed E-state index contributed by atoms with van der Waals surface area (Å²) in [5.74, 6) is 0.497. The van der Waals surface area contributed by atoms with E-state index in [1.54, 1.807) is 16.7 Å². The molecule has 1 unspecified atom stereocenters. The second-order valence-electron chi connectivity index (χ2n) is 4.29. The van der Waals surface area contributed by atoms with Gasteiger partial charge in [0.2, 0.25) is 16.9 Å². The molecule has 6 nitrogen and oxygen atoms in total. The fourth-order valence-electron chi connectivity index (χ4n) is 1.88. The lowest BCUT2D eigenvalue weighted by Crippen LogP contribution is -2.34. The summed E-state index contributed by atoms with van der Waals surface area (Å²) < 4.78 is 0. The Morgan fingerprint density at radius 1 is 1.58 bits per heavy atom.